The molecule has 11 heteroatoms. The van der Waals surface area contributed by atoms with Crippen molar-refractivity contribution in [2.24, 2.45) is 0 Å². The van der Waals surface area contributed by atoms with Crippen LogP contribution in [-0.4, -0.2) is 0 Å². The molecule has 0 amide bonds. The third-order valence-electron chi connectivity index (χ3n) is 0. The average molecular weight is 466 g/mol. The van der Waals surface area contributed by atoms with Crippen molar-refractivity contribution in [2.75, 3.05) is 0 Å². The Hall–Kier alpha value is -0.463. The van der Waals surface area contributed by atoms with Gasteiger partial charge in [-0.25, -0.2) is 0 Å². The van der Waals surface area contributed by atoms with Gasteiger partial charge in [0.1, 0.15) is 0 Å². The monoisotopic (exact) mass is 464 g/mol. The zero-order valence-electron chi connectivity index (χ0n) is 7.24. The molecule has 0 fully saturated rings. The predicted octanol–water partition coefficient (Wildman–Crippen LogP) is 0.566. The summed E-state index contributed by atoms with van der Waals surface area (Å²) in [6.45, 7) is 28.5. The molecule has 0 aliphatic heterocycles. The molecule has 0 aromatic carbocycles. The third-order valence-corrected chi connectivity index (χ3v) is 0. The van der Waals surface area contributed by atoms with Gasteiger partial charge in [0, 0.05) is 0 Å². The molecular formula is C6Cu4FeN6. The molecule has 0 unspecified atom stereocenters. The van der Waals surface area contributed by atoms with Gasteiger partial charge in [-0.2, -0.15) is 0 Å². The van der Waals surface area contributed by atoms with Crippen LogP contribution in [0.25, 0.3) is 0 Å². The van der Waals surface area contributed by atoms with Gasteiger partial charge >= 0.3 is 85.3 Å². The molecule has 0 aliphatic rings. The van der Waals surface area contributed by atoms with Crippen LogP contribution in [0.15, 0.2) is 0 Å². The molecule has 17 heavy (non-hydrogen) atoms. The van der Waals surface area contributed by atoms with Crippen molar-refractivity contribution in [3.05, 3.63) is 39.4 Å². The number of rotatable bonds is 0. The fourth-order valence-corrected chi connectivity index (χ4v) is 0. The number of nitrogens with zero attached hydrogens (tertiary/aromatic N) is 6. The summed E-state index contributed by atoms with van der Waals surface area (Å²) in [5, 5.41) is 37.5. The fourth-order valence-electron chi connectivity index (χ4n) is 0. The average Bonchev–Trinajstić information content (AvgIpc) is 2.33. The summed E-state index contributed by atoms with van der Waals surface area (Å²) in [6.07, 6.45) is 0. The minimum absolute atomic E-state index is 0. The summed E-state index contributed by atoms with van der Waals surface area (Å²) < 4.78 is 0. The first-order valence-electron chi connectivity index (χ1n) is 1.34. The van der Waals surface area contributed by atoms with E-state index in [1.165, 1.54) is 0 Å². The van der Waals surface area contributed by atoms with Crippen molar-refractivity contribution in [3.8, 4) is 0 Å². The van der Waals surface area contributed by atoms with Crippen molar-refractivity contribution in [2.45, 2.75) is 0 Å². The van der Waals surface area contributed by atoms with Crippen LogP contribution in [0.2, 0.25) is 0 Å². The van der Waals surface area contributed by atoms with Crippen molar-refractivity contribution in [3.63, 3.8) is 0 Å². The summed E-state index contributed by atoms with van der Waals surface area (Å²) in [6, 6.07) is 0. The number of hydrogen-bond acceptors (Lipinski definition) is 6. The maximum Gasteiger partial charge on any atom is 2.00 e. The van der Waals surface area contributed by atoms with Crippen LogP contribution < -0.4 is 0 Å². The Kier molecular flexibility index (Phi) is 118000. The largest absolute Gasteiger partial charge is 2.00 e. The summed E-state index contributed by atoms with van der Waals surface area (Å²) in [5.74, 6) is 0. The molecule has 0 rings (SSSR count). The smallest absolute Gasteiger partial charge is 0.512 e. The molecule has 0 spiro atoms. The summed E-state index contributed by atoms with van der Waals surface area (Å²) in [7, 11) is 0. The van der Waals surface area contributed by atoms with Gasteiger partial charge < -0.3 is 71.0 Å². The normalized spacial score (nSPS) is 0.706. The molecule has 0 radical (unpaired) electrons. The van der Waals surface area contributed by atoms with Crippen molar-refractivity contribution in [1.29, 1.82) is 31.6 Å². The summed E-state index contributed by atoms with van der Waals surface area (Å²) >= 11 is 0. The van der Waals surface area contributed by atoms with Gasteiger partial charge in [0.25, 0.3) is 0 Å². The first kappa shape index (κ1) is 130. The number of hydrogen-bond donors (Lipinski definition) is 0. The van der Waals surface area contributed by atoms with E-state index in [0.717, 1.165) is 0 Å². The van der Waals surface area contributed by atoms with Crippen LogP contribution in [0.3, 0.4) is 0 Å². The van der Waals surface area contributed by atoms with Crippen LogP contribution in [0.4, 0.5) is 0 Å². The quantitative estimate of drug-likeness (QED) is 0.377. The minimum Gasteiger partial charge on any atom is -0.512 e. The predicted molar refractivity (Wildman–Crippen MR) is 29.8 cm³/mol. The first-order valence-corrected chi connectivity index (χ1v) is 1.34. The fraction of sp³-hybridized carbons (Fsp3) is 0. The van der Waals surface area contributed by atoms with Gasteiger partial charge in [-0.3, -0.25) is 0 Å². The van der Waals surface area contributed by atoms with E-state index in [1.54, 1.807) is 0 Å². The Balaban J connectivity index is -0.00000000267. The second-order valence-electron chi connectivity index (χ2n) is 0. The summed E-state index contributed by atoms with van der Waals surface area (Å²) in [4.78, 5) is 0. The van der Waals surface area contributed by atoms with E-state index in [1.807, 2.05) is 0 Å². The molecule has 0 aromatic rings. The van der Waals surface area contributed by atoms with E-state index < -0.39 is 0 Å². The second kappa shape index (κ2) is 15300. The minimum atomic E-state index is 0. The standard InChI is InChI=1S/6CN.4Cu.Fe/c6*1-2;;;;;/q6*-1;4*+1;+2. The molecule has 6 nitrogen and oxygen atoms in total. The molecule has 0 aliphatic carbocycles. The van der Waals surface area contributed by atoms with Crippen LogP contribution >= 0.6 is 0 Å². The van der Waals surface area contributed by atoms with E-state index in [-0.39, 0.29) is 85.3 Å². The van der Waals surface area contributed by atoms with Gasteiger partial charge in [-0.05, 0) is 0 Å². The van der Waals surface area contributed by atoms with Crippen LogP contribution in [0.1, 0.15) is 0 Å². The third kappa shape index (κ3) is 13300. The van der Waals surface area contributed by atoms with Crippen LogP contribution in [0, 0.1) is 71.0 Å². The van der Waals surface area contributed by atoms with Gasteiger partial charge in [0.15, 0.2) is 0 Å². The Labute approximate surface area is 155 Å². The molecule has 0 bridgehead atoms. The second-order valence-corrected chi connectivity index (χ2v) is 0. The van der Waals surface area contributed by atoms with Gasteiger partial charge in [0.05, 0.1) is 0 Å². The Morgan fingerprint density at radius 1 is 0.294 bits per heavy atom. The maximum atomic E-state index is 6.25. The molecule has 106 valence electrons. The molecule has 0 saturated carbocycles. The van der Waals surface area contributed by atoms with E-state index in [0.29, 0.717) is 0 Å². The molecule has 0 aromatic heterocycles. The summed E-state index contributed by atoms with van der Waals surface area (Å²) in [5.41, 5.74) is 0. The first-order chi connectivity index (χ1) is 6.00. The van der Waals surface area contributed by atoms with Crippen molar-refractivity contribution < 1.29 is 85.3 Å². The molecule has 0 heterocycles. The Morgan fingerprint density at radius 3 is 0.294 bits per heavy atom. The topological polar surface area (TPSA) is 143 Å². The Bertz CT molecular complexity index is 106. The molecule has 0 N–H and O–H groups in total. The SMILES string of the molecule is [C-]#N.[C-]#N.[C-]#N.[C-]#N.[C-]#N.[C-]#N.[Cu+].[Cu+].[Cu+].[Cu+].[Fe+2]. The molecule has 0 atom stereocenters. The van der Waals surface area contributed by atoms with Gasteiger partial charge in [0.2, 0.25) is 0 Å². The molecule has 0 saturated heterocycles. The van der Waals surface area contributed by atoms with Crippen LogP contribution in [-0.2, 0) is 85.3 Å². The van der Waals surface area contributed by atoms with E-state index in [2.05, 4.69) is 0 Å². The van der Waals surface area contributed by atoms with E-state index >= 15 is 0 Å². The zero-order chi connectivity index (χ0) is 12.0. The molecular weight excluding hydrogens is 466 g/mol. The van der Waals surface area contributed by atoms with E-state index in [4.69, 9.17) is 71.0 Å². The van der Waals surface area contributed by atoms with Crippen LogP contribution in [0.5, 0.6) is 0 Å². The van der Waals surface area contributed by atoms with Crippen molar-refractivity contribution >= 4 is 0 Å². The van der Waals surface area contributed by atoms with Gasteiger partial charge in [-0.1, -0.05) is 0 Å². The van der Waals surface area contributed by atoms with Crippen molar-refractivity contribution in [1.82, 2.24) is 0 Å². The maximum absolute atomic E-state index is 6.25. The Morgan fingerprint density at radius 2 is 0.294 bits per heavy atom. The van der Waals surface area contributed by atoms with E-state index in [9.17, 15) is 0 Å². The van der Waals surface area contributed by atoms with Gasteiger partial charge in [-0.15, -0.1) is 0 Å². The zero-order valence-corrected chi connectivity index (χ0v) is 12.1.